The first-order valence-electron chi connectivity index (χ1n) is 16.3. The van der Waals surface area contributed by atoms with E-state index in [2.05, 4.69) is 20.9 Å². The largest absolute Gasteiger partial charge is 0.497 e. The van der Waals surface area contributed by atoms with Crippen molar-refractivity contribution in [2.75, 3.05) is 46.5 Å². The molecule has 238 valence electrons. The summed E-state index contributed by atoms with van der Waals surface area (Å²) in [5.74, 6) is 0.912. The first-order chi connectivity index (χ1) is 21.4. The minimum atomic E-state index is -1.06. The van der Waals surface area contributed by atoms with Gasteiger partial charge in [0.05, 0.1) is 7.11 Å². The molecule has 1 aliphatic carbocycles. The molecule has 5 rings (SSSR count). The summed E-state index contributed by atoms with van der Waals surface area (Å²) < 4.78 is 10.8. The highest BCUT2D eigenvalue weighted by Gasteiger charge is 2.44. The minimum Gasteiger partial charge on any atom is -0.497 e. The molecule has 0 radical (unpaired) electrons. The SMILES string of the molecule is COc1cccc(C(=O)NC2(C(=O)N[C@H](Cc3ccccc3)C(=O)NCC3CCN(CC4CCOCC4)CC3)CCCC2)c1. The molecule has 0 unspecified atom stereocenters. The van der Waals surface area contributed by atoms with Crippen molar-refractivity contribution >= 4 is 17.7 Å². The summed E-state index contributed by atoms with van der Waals surface area (Å²) in [7, 11) is 1.55. The number of benzene rings is 2. The predicted molar refractivity (Wildman–Crippen MR) is 169 cm³/mol. The molecule has 2 heterocycles. The Morgan fingerprint density at radius 3 is 2.39 bits per heavy atom. The first-order valence-corrected chi connectivity index (χ1v) is 16.3. The van der Waals surface area contributed by atoms with Crippen molar-refractivity contribution < 1.29 is 23.9 Å². The Hall–Kier alpha value is -3.43. The van der Waals surface area contributed by atoms with Crippen molar-refractivity contribution in [3.8, 4) is 5.75 Å². The van der Waals surface area contributed by atoms with Gasteiger partial charge < -0.3 is 30.3 Å². The third-order valence-corrected chi connectivity index (χ3v) is 9.61. The molecule has 0 aromatic heterocycles. The lowest BCUT2D eigenvalue weighted by atomic mass is 9.93. The van der Waals surface area contributed by atoms with E-state index in [1.807, 2.05) is 30.3 Å². The molecule has 2 saturated heterocycles. The second-order valence-electron chi connectivity index (χ2n) is 12.7. The zero-order valence-electron chi connectivity index (χ0n) is 26.0. The fourth-order valence-corrected chi connectivity index (χ4v) is 6.83. The van der Waals surface area contributed by atoms with Crippen LogP contribution in [-0.4, -0.2) is 80.7 Å². The van der Waals surface area contributed by atoms with Gasteiger partial charge in [-0.05, 0) is 87.2 Å². The van der Waals surface area contributed by atoms with Crippen molar-refractivity contribution in [3.05, 3.63) is 65.7 Å². The summed E-state index contributed by atoms with van der Waals surface area (Å²) in [6.07, 6.45) is 7.50. The molecule has 9 nitrogen and oxygen atoms in total. The summed E-state index contributed by atoms with van der Waals surface area (Å²) in [6, 6.07) is 15.9. The first kappa shape index (κ1) is 32.0. The van der Waals surface area contributed by atoms with Gasteiger partial charge in [0.15, 0.2) is 0 Å². The fraction of sp³-hybridized carbons (Fsp3) is 0.571. The predicted octanol–water partition coefficient (Wildman–Crippen LogP) is 3.72. The van der Waals surface area contributed by atoms with Crippen LogP contribution in [0.15, 0.2) is 54.6 Å². The highest BCUT2D eigenvalue weighted by Crippen LogP contribution is 2.31. The number of carbonyl (C=O) groups excluding carboxylic acids is 3. The minimum absolute atomic E-state index is 0.181. The van der Waals surface area contributed by atoms with E-state index in [-0.39, 0.29) is 17.7 Å². The van der Waals surface area contributed by atoms with Crippen LogP contribution in [0, 0.1) is 11.8 Å². The van der Waals surface area contributed by atoms with Crippen LogP contribution in [0.2, 0.25) is 0 Å². The quantitative estimate of drug-likeness (QED) is 0.341. The summed E-state index contributed by atoms with van der Waals surface area (Å²) in [6.45, 7) is 5.61. The molecular formula is C35H48N4O5. The van der Waals surface area contributed by atoms with Crippen molar-refractivity contribution in [2.24, 2.45) is 11.8 Å². The van der Waals surface area contributed by atoms with Crippen LogP contribution in [0.5, 0.6) is 5.75 Å². The topological polar surface area (TPSA) is 109 Å². The Balaban J connectivity index is 1.19. The summed E-state index contributed by atoms with van der Waals surface area (Å²) >= 11 is 0. The molecular weight excluding hydrogens is 556 g/mol. The van der Waals surface area contributed by atoms with Crippen molar-refractivity contribution in [1.82, 2.24) is 20.9 Å². The number of piperidine rings is 1. The Kier molecular flexibility index (Phi) is 11.3. The summed E-state index contributed by atoms with van der Waals surface area (Å²) in [5.41, 5.74) is 0.336. The molecule has 2 aliphatic heterocycles. The van der Waals surface area contributed by atoms with Gasteiger partial charge in [0, 0.05) is 38.3 Å². The maximum atomic E-state index is 13.9. The van der Waals surface area contributed by atoms with E-state index in [9.17, 15) is 14.4 Å². The lowest BCUT2D eigenvalue weighted by Gasteiger charge is -2.35. The molecule has 1 atom stereocenters. The monoisotopic (exact) mass is 604 g/mol. The second-order valence-corrected chi connectivity index (χ2v) is 12.7. The number of hydrogen-bond acceptors (Lipinski definition) is 6. The zero-order valence-corrected chi connectivity index (χ0v) is 26.0. The third kappa shape index (κ3) is 8.60. The van der Waals surface area contributed by atoms with E-state index in [0.29, 0.717) is 43.0 Å². The molecule has 9 heteroatoms. The Morgan fingerprint density at radius 1 is 0.955 bits per heavy atom. The van der Waals surface area contributed by atoms with Crippen molar-refractivity contribution in [1.29, 1.82) is 0 Å². The number of nitrogens with zero attached hydrogens (tertiary/aromatic N) is 1. The lowest BCUT2D eigenvalue weighted by molar-refractivity contribution is -0.132. The van der Waals surface area contributed by atoms with Crippen LogP contribution in [0.3, 0.4) is 0 Å². The average Bonchev–Trinajstić information content (AvgIpc) is 3.54. The fourth-order valence-electron chi connectivity index (χ4n) is 6.83. The summed E-state index contributed by atoms with van der Waals surface area (Å²) in [5, 5.41) is 9.26. The van der Waals surface area contributed by atoms with Crippen LogP contribution in [0.1, 0.15) is 67.3 Å². The molecule has 0 bridgehead atoms. The van der Waals surface area contributed by atoms with Crippen LogP contribution in [0.4, 0.5) is 0 Å². The molecule has 3 fully saturated rings. The standard InChI is InChI=1S/C35H48N4O5/c1-43-30-11-7-10-29(23-30)32(40)38-35(16-5-6-17-35)34(42)37-31(22-26-8-3-2-4-9-26)33(41)36-24-27-12-18-39(19-13-27)25-28-14-20-44-21-15-28/h2-4,7-11,23,27-28,31H,5-6,12-22,24-25H2,1H3,(H,36,41)(H,37,42)(H,38,40)/t31-/m1/s1. The van der Waals surface area contributed by atoms with Crippen LogP contribution < -0.4 is 20.7 Å². The van der Waals surface area contributed by atoms with Crippen LogP contribution in [0.25, 0.3) is 0 Å². The van der Waals surface area contributed by atoms with Gasteiger partial charge >= 0.3 is 0 Å². The van der Waals surface area contributed by atoms with Crippen LogP contribution >= 0.6 is 0 Å². The Bertz CT molecular complexity index is 1230. The zero-order chi connectivity index (χ0) is 30.8. The number of ether oxygens (including phenoxy) is 2. The van der Waals surface area contributed by atoms with Gasteiger partial charge in [-0.2, -0.15) is 0 Å². The number of rotatable bonds is 12. The van der Waals surface area contributed by atoms with Crippen LogP contribution in [-0.2, 0) is 20.7 Å². The molecule has 2 aromatic rings. The number of hydrogen-bond donors (Lipinski definition) is 3. The summed E-state index contributed by atoms with van der Waals surface area (Å²) in [4.78, 5) is 43.4. The highest BCUT2D eigenvalue weighted by atomic mass is 16.5. The van der Waals surface area contributed by atoms with E-state index < -0.39 is 11.6 Å². The van der Waals surface area contributed by atoms with Gasteiger partial charge in [0.1, 0.15) is 17.3 Å². The Morgan fingerprint density at radius 2 is 1.68 bits per heavy atom. The molecule has 1 saturated carbocycles. The van der Waals surface area contributed by atoms with E-state index in [4.69, 9.17) is 9.47 Å². The molecule has 2 aromatic carbocycles. The number of nitrogens with one attached hydrogen (secondary N) is 3. The normalized spacial score (nSPS) is 20.0. The molecule has 44 heavy (non-hydrogen) atoms. The number of carbonyl (C=O) groups is 3. The van der Waals surface area contributed by atoms with E-state index >= 15 is 0 Å². The van der Waals surface area contributed by atoms with E-state index in [1.54, 1.807) is 31.4 Å². The Labute approximate surface area is 261 Å². The van der Waals surface area contributed by atoms with Gasteiger partial charge in [0.2, 0.25) is 11.8 Å². The van der Waals surface area contributed by atoms with Crippen molar-refractivity contribution in [2.45, 2.75) is 69.4 Å². The van der Waals surface area contributed by atoms with E-state index in [0.717, 1.165) is 82.9 Å². The lowest BCUT2D eigenvalue weighted by Crippen LogP contribution is -2.61. The van der Waals surface area contributed by atoms with E-state index in [1.165, 1.54) is 0 Å². The molecule has 3 aliphatic rings. The van der Waals surface area contributed by atoms with Gasteiger partial charge in [-0.1, -0.05) is 49.2 Å². The number of likely N-dealkylation sites (tertiary alicyclic amines) is 1. The maximum absolute atomic E-state index is 13.9. The maximum Gasteiger partial charge on any atom is 0.252 e. The van der Waals surface area contributed by atoms with Gasteiger partial charge in [0.25, 0.3) is 5.91 Å². The second kappa shape index (κ2) is 15.5. The van der Waals surface area contributed by atoms with Crippen molar-refractivity contribution in [3.63, 3.8) is 0 Å². The third-order valence-electron chi connectivity index (χ3n) is 9.61. The highest BCUT2D eigenvalue weighted by molar-refractivity contribution is 6.00. The van der Waals surface area contributed by atoms with Gasteiger partial charge in [-0.15, -0.1) is 0 Å². The van der Waals surface area contributed by atoms with Gasteiger partial charge in [-0.3, -0.25) is 14.4 Å². The number of amides is 3. The molecule has 0 spiro atoms. The molecule has 3 N–H and O–H groups in total. The number of methoxy groups -OCH3 is 1. The molecule has 3 amide bonds. The van der Waals surface area contributed by atoms with Gasteiger partial charge in [-0.25, -0.2) is 0 Å². The smallest absolute Gasteiger partial charge is 0.252 e. The average molecular weight is 605 g/mol.